The van der Waals surface area contributed by atoms with Crippen LogP contribution in [0.5, 0.6) is 0 Å². The molecule has 0 radical (unpaired) electrons. The number of amides is 4. The number of carbonyl (C=O) groups is 4. The maximum absolute atomic E-state index is 14.1. The third-order valence-corrected chi connectivity index (χ3v) is 14.4. The lowest BCUT2D eigenvalue weighted by molar-refractivity contribution is -0.117. The van der Waals surface area contributed by atoms with E-state index in [1.54, 1.807) is 0 Å². The zero-order chi connectivity index (χ0) is 55.8. The minimum Gasteiger partial charge on any atom is -0.326 e. The van der Waals surface area contributed by atoms with Crippen molar-refractivity contribution in [1.29, 1.82) is 0 Å². The summed E-state index contributed by atoms with van der Waals surface area (Å²) in [6, 6.07) is 31.1. The maximum atomic E-state index is 14.1. The summed E-state index contributed by atoms with van der Waals surface area (Å²) in [7, 11) is 0. The molecule has 0 saturated heterocycles. The SMILES string of the molecule is CCCCCC(=O)Nc1ccccc1C1=CC2=CC3=NC(=CC4=NC(=CC5=NC(=C(c6ccccc6NC(=O)CCCCC)C1=N2)C(c1ccccc1NC(=O)CCCCC)=C5c1ccccc1NC(=O)CCCCC)C=C4)C=C3. The van der Waals surface area contributed by atoms with Crippen molar-refractivity contribution in [2.45, 2.75) is 130 Å². The molecule has 8 bridgehead atoms. The van der Waals surface area contributed by atoms with Crippen LogP contribution in [0.2, 0.25) is 0 Å². The molecular weight excluding hydrogens is 993 g/mol. The van der Waals surface area contributed by atoms with Gasteiger partial charge in [0, 0.05) is 93.0 Å². The molecule has 0 saturated carbocycles. The highest BCUT2D eigenvalue weighted by atomic mass is 16.2. The van der Waals surface area contributed by atoms with Crippen LogP contribution in [0.15, 0.2) is 188 Å². The second-order valence-corrected chi connectivity index (χ2v) is 20.6. The Bertz CT molecular complexity index is 3460. The highest BCUT2D eigenvalue weighted by Gasteiger charge is 2.36. The molecule has 12 heteroatoms. The number of para-hydroxylation sites is 4. The van der Waals surface area contributed by atoms with Gasteiger partial charge in [-0.2, -0.15) is 0 Å². The van der Waals surface area contributed by atoms with Crippen LogP contribution >= 0.6 is 0 Å². The van der Waals surface area contributed by atoms with Crippen LogP contribution in [0.25, 0.3) is 22.3 Å². The van der Waals surface area contributed by atoms with Crippen molar-refractivity contribution < 1.29 is 19.2 Å². The topological polar surface area (TPSA) is 166 Å². The van der Waals surface area contributed by atoms with E-state index >= 15 is 0 Å². The van der Waals surface area contributed by atoms with Crippen LogP contribution in [0.3, 0.4) is 0 Å². The lowest BCUT2D eigenvalue weighted by atomic mass is 9.84. The van der Waals surface area contributed by atoms with Crippen LogP contribution in [-0.4, -0.2) is 46.5 Å². The predicted octanol–water partition coefficient (Wildman–Crippen LogP) is 15.8. The van der Waals surface area contributed by atoms with Gasteiger partial charge < -0.3 is 21.3 Å². The molecule has 408 valence electrons. The highest BCUT2D eigenvalue weighted by Crippen LogP contribution is 2.50. The van der Waals surface area contributed by atoms with E-state index in [0.717, 1.165) is 88.3 Å². The highest BCUT2D eigenvalue weighted by molar-refractivity contribution is 6.51. The van der Waals surface area contributed by atoms with Crippen molar-refractivity contribution >= 4 is 91.5 Å². The molecule has 12 nitrogen and oxygen atoms in total. The Balaban J connectivity index is 1.40. The van der Waals surface area contributed by atoms with Crippen molar-refractivity contribution in [2.24, 2.45) is 20.0 Å². The molecule has 9 rings (SSSR count). The fraction of sp³-hybridized carbons (Fsp3) is 0.294. The van der Waals surface area contributed by atoms with Gasteiger partial charge in [-0.1, -0.05) is 152 Å². The van der Waals surface area contributed by atoms with Gasteiger partial charge in [-0.05, 0) is 98.6 Å². The summed E-state index contributed by atoms with van der Waals surface area (Å²) in [5.41, 5.74) is 12.5. The van der Waals surface area contributed by atoms with Crippen molar-refractivity contribution in [2.75, 3.05) is 21.3 Å². The Labute approximate surface area is 471 Å². The standard InChI is InChI=1S/C68H72N8O4/c1-5-9-13-33-60(77)72-55-29-21-17-25-50(55)54-43-49-42-47-38-37-45(69-47)41-46-39-40-48(70-46)44-59-64(51-26-18-22-30-56(51)73-61(78)34-14-10-6-2)65(52-27-19-23-31-57(52)74-62(79)35-15-11-7-3)68(76-59)66(67(54)71-49)53-28-20-24-32-58(53)75-63(80)36-16-12-8-4/h17-32,37-44H,5-16,33-36H2,1-4H3,(H,72,77)(H,73,78)(H,74,79)(H,75,80). The largest absolute Gasteiger partial charge is 0.326 e. The molecule has 4 aromatic rings. The fourth-order valence-electron chi connectivity index (χ4n) is 10.4. The molecule has 0 fully saturated rings. The van der Waals surface area contributed by atoms with Gasteiger partial charge in [0.25, 0.3) is 0 Å². The number of anilines is 4. The molecule has 0 atom stereocenters. The summed E-state index contributed by atoms with van der Waals surface area (Å²) in [4.78, 5) is 77.5. The van der Waals surface area contributed by atoms with E-state index in [2.05, 4.69) is 49.0 Å². The molecule has 5 aliphatic rings. The van der Waals surface area contributed by atoms with Gasteiger partial charge >= 0.3 is 0 Å². The molecule has 4 aromatic carbocycles. The Morgan fingerprint density at radius 2 is 0.738 bits per heavy atom. The van der Waals surface area contributed by atoms with E-state index in [-0.39, 0.29) is 23.6 Å². The zero-order valence-corrected chi connectivity index (χ0v) is 46.6. The predicted molar refractivity (Wildman–Crippen MR) is 331 cm³/mol. The summed E-state index contributed by atoms with van der Waals surface area (Å²) in [5, 5.41) is 13.2. The van der Waals surface area contributed by atoms with Crippen LogP contribution in [0.1, 0.15) is 153 Å². The minimum absolute atomic E-state index is 0.0900. The van der Waals surface area contributed by atoms with Gasteiger partial charge in [0.15, 0.2) is 0 Å². The number of allylic oxidation sites excluding steroid dienone is 12. The Hall–Kier alpha value is -8.64. The molecular formula is C68H72N8O4. The van der Waals surface area contributed by atoms with Gasteiger partial charge in [-0.3, -0.25) is 19.2 Å². The number of fused-ring (bicyclic) bond motifs is 4. The average Bonchev–Trinajstić information content (AvgIpc) is 4.30. The van der Waals surface area contributed by atoms with E-state index in [1.165, 1.54) is 0 Å². The molecule has 4 N–H and O–H groups in total. The zero-order valence-electron chi connectivity index (χ0n) is 46.6. The molecule has 0 aliphatic carbocycles. The number of hydrogen-bond donors (Lipinski definition) is 4. The van der Waals surface area contributed by atoms with Crippen molar-refractivity contribution in [3.05, 3.63) is 191 Å². The smallest absolute Gasteiger partial charge is 0.224 e. The van der Waals surface area contributed by atoms with Crippen molar-refractivity contribution in [3.8, 4) is 0 Å². The Morgan fingerprint density at radius 1 is 0.362 bits per heavy atom. The third-order valence-electron chi connectivity index (χ3n) is 14.4. The van der Waals surface area contributed by atoms with Crippen molar-refractivity contribution in [3.63, 3.8) is 0 Å². The summed E-state index contributed by atoms with van der Waals surface area (Å²) in [6.07, 6.45) is 27.6. The molecule has 80 heavy (non-hydrogen) atoms. The minimum atomic E-state index is -0.126. The lowest BCUT2D eigenvalue weighted by Gasteiger charge is -2.22. The Kier molecular flexibility index (Phi) is 19.1. The summed E-state index contributed by atoms with van der Waals surface area (Å²) >= 11 is 0. The molecule has 5 aliphatic heterocycles. The average molecular weight is 1070 g/mol. The number of carbonyl (C=O) groups excluding carboxylic acids is 4. The lowest BCUT2D eigenvalue weighted by Crippen LogP contribution is -2.16. The number of unbranched alkanes of at least 4 members (excludes halogenated alkanes) is 8. The molecule has 0 unspecified atom stereocenters. The maximum Gasteiger partial charge on any atom is 0.224 e. The molecule has 0 aromatic heterocycles. The van der Waals surface area contributed by atoms with Crippen LogP contribution in [0.4, 0.5) is 22.7 Å². The fourth-order valence-corrected chi connectivity index (χ4v) is 10.4. The number of aliphatic imine (C=N–C) groups is 4. The van der Waals surface area contributed by atoms with Gasteiger partial charge in [0.2, 0.25) is 23.6 Å². The Morgan fingerprint density at radius 3 is 1.19 bits per heavy atom. The van der Waals surface area contributed by atoms with E-state index in [9.17, 15) is 19.2 Å². The number of nitrogens with one attached hydrogen (secondary N) is 4. The summed E-state index contributed by atoms with van der Waals surface area (Å²) < 4.78 is 0. The summed E-state index contributed by atoms with van der Waals surface area (Å²) in [6.45, 7) is 8.47. The normalized spacial score (nSPS) is 15.2. The number of hydrogen-bond acceptors (Lipinski definition) is 8. The van der Waals surface area contributed by atoms with E-state index in [0.29, 0.717) is 127 Å². The van der Waals surface area contributed by atoms with Crippen LogP contribution in [0, 0.1) is 0 Å². The summed E-state index contributed by atoms with van der Waals surface area (Å²) in [5.74, 6) is -0.439. The molecule has 5 heterocycles. The van der Waals surface area contributed by atoms with E-state index in [1.807, 2.05) is 146 Å². The van der Waals surface area contributed by atoms with E-state index in [4.69, 9.17) is 20.0 Å². The van der Waals surface area contributed by atoms with Gasteiger partial charge in [0.1, 0.15) is 0 Å². The quantitative estimate of drug-likeness (QED) is 0.0513. The number of benzene rings is 4. The first-order valence-electron chi connectivity index (χ1n) is 28.8. The number of nitrogens with zero attached hydrogens (tertiary/aromatic N) is 4. The monoisotopic (exact) mass is 1060 g/mol. The molecule has 0 spiro atoms. The second-order valence-electron chi connectivity index (χ2n) is 20.6. The first-order valence-corrected chi connectivity index (χ1v) is 28.8. The van der Waals surface area contributed by atoms with Crippen LogP contribution in [-0.2, 0) is 19.2 Å². The van der Waals surface area contributed by atoms with E-state index < -0.39 is 0 Å². The van der Waals surface area contributed by atoms with Gasteiger partial charge in [-0.25, -0.2) is 20.0 Å². The second kappa shape index (κ2) is 27.3. The third kappa shape index (κ3) is 13.8. The van der Waals surface area contributed by atoms with Gasteiger partial charge in [-0.15, -0.1) is 0 Å². The first kappa shape index (κ1) is 56.1. The van der Waals surface area contributed by atoms with Gasteiger partial charge in [0.05, 0.1) is 45.6 Å². The first-order chi connectivity index (χ1) is 39.1. The molecule has 4 amide bonds. The number of rotatable bonds is 24. The van der Waals surface area contributed by atoms with Crippen molar-refractivity contribution in [1.82, 2.24) is 0 Å². The van der Waals surface area contributed by atoms with Crippen LogP contribution < -0.4 is 21.3 Å².